The van der Waals surface area contributed by atoms with Crippen LogP contribution in [0, 0.1) is 0 Å². The van der Waals surface area contributed by atoms with Crippen molar-refractivity contribution in [3.05, 3.63) is 45.6 Å². The molecule has 4 nitrogen and oxygen atoms in total. The normalized spacial score (nSPS) is 13.0. The zero-order valence-electron chi connectivity index (χ0n) is 12.0. The van der Waals surface area contributed by atoms with Crippen LogP contribution in [-0.2, 0) is 11.0 Å². The summed E-state index contributed by atoms with van der Waals surface area (Å²) in [6.45, 7) is 2.69. The summed E-state index contributed by atoms with van der Waals surface area (Å²) in [5.74, 6) is -1.05. The third-order valence-electron chi connectivity index (χ3n) is 3.03. The Bertz CT molecular complexity index is 744. The van der Waals surface area contributed by atoms with Crippen molar-refractivity contribution in [3.63, 3.8) is 0 Å². The van der Waals surface area contributed by atoms with Crippen LogP contribution in [0.2, 0.25) is 10.0 Å². The lowest BCUT2D eigenvalue weighted by Gasteiger charge is -2.16. The summed E-state index contributed by atoms with van der Waals surface area (Å²) < 4.78 is 44.3. The van der Waals surface area contributed by atoms with Gasteiger partial charge >= 0.3 is 12.1 Å². The quantitative estimate of drug-likeness (QED) is 0.736. The van der Waals surface area contributed by atoms with Gasteiger partial charge in [-0.25, -0.2) is 4.68 Å². The van der Waals surface area contributed by atoms with E-state index in [1.54, 1.807) is 13.0 Å². The summed E-state index contributed by atoms with van der Waals surface area (Å²) >= 11 is 11.7. The Morgan fingerprint density at radius 2 is 1.91 bits per heavy atom. The minimum atomic E-state index is -4.66. The predicted molar refractivity (Wildman–Crippen MR) is 78.8 cm³/mol. The van der Waals surface area contributed by atoms with Crippen LogP contribution in [0.15, 0.2) is 24.3 Å². The van der Waals surface area contributed by atoms with Gasteiger partial charge in [-0.3, -0.25) is 4.79 Å². The number of rotatable bonds is 3. The van der Waals surface area contributed by atoms with Gasteiger partial charge in [0.1, 0.15) is 0 Å². The number of alkyl halides is 3. The monoisotopic (exact) mass is 366 g/mol. The minimum absolute atomic E-state index is 0.258. The van der Waals surface area contributed by atoms with Gasteiger partial charge in [0.05, 0.1) is 16.1 Å². The van der Waals surface area contributed by atoms with Crippen LogP contribution in [0.25, 0.3) is 0 Å². The Balaban J connectivity index is 2.48. The average molecular weight is 367 g/mol. The van der Waals surface area contributed by atoms with E-state index in [1.165, 1.54) is 12.1 Å². The third-order valence-corrected chi connectivity index (χ3v) is 3.77. The van der Waals surface area contributed by atoms with Gasteiger partial charge in [-0.2, -0.15) is 18.3 Å². The van der Waals surface area contributed by atoms with Gasteiger partial charge in [0.2, 0.25) is 5.88 Å². The summed E-state index contributed by atoms with van der Waals surface area (Å²) in [5, 5.41) is 4.08. The zero-order chi connectivity index (χ0) is 17.4. The number of hydrogen-bond donors (Lipinski definition) is 0. The van der Waals surface area contributed by atoms with E-state index < -0.39 is 23.9 Å². The fourth-order valence-electron chi connectivity index (χ4n) is 1.93. The molecule has 0 N–H and O–H groups in total. The van der Waals surface area contributed by atoms with Gasteiger partial charge in [-0.05, 0) is 24.6 Å². The van der Waals surface area contributed by atoms with Crippen molar-refractivity contribution < 1.29 is 22.7 Å². The SMILES string of the molecule is CC(=O)Oc1cc(C(F)(F)F)nn1C(C)c1ccc(Cl)c(Cl)c1. The van der Waals surface area contributed by atoms with Crippen LogP contribution in [0.1, 0.15) is 31.1 Å². The molecule has 0 fully saturated rings. The molecule has 2 aromatic rings. The summed E-state index contributed by atoms with van der Waals surface area (Å²) in [6.07, 6.45) is -4.66. The number of esters is 1. The highest BCUT2D eigenvalue weighted by atomic mass is 35.5. The van der Waals surface area contributed by atoms with Crippen molar-refractivity contribution in [3.8, 4) is 5.88 Å². The number of ether oxygens (including phenoxy) is 1. The average Bonchev–Trinajstić information content (AvgIpc) is 2.84. The molecule has 23 heavy (non-hydrogen) atoms. The number of hydrogen-bond acceptors (Lipinski definition) is 3. The van der Waals surface area contributed by atoms with E-state index in [2.05, 4.69) is 5.10 Å². The van der Waals surface area contributed by atoms with Crippen LogP contribution in [0.4, 0.5) is 13.2 Å². The number of aromatic nitrogens is 2. The number of benzene rings is 1. The Kier molecular flexibility index (Phi) is 4.91. The maximum absolute atomic E-state index is 12.8. The lowest BCUT2D eigenvalue weighted by molar-refractivity contribution is -0.141. The van der Waals surface area contributed by atoms with Crippen LogP contribution >= 0.6 is 23.2 Å². The first kappa shape index (κ1) is 17.6. The molecule has 124 valence electrons. The van der Waals surface area contributed by atoms with E-state index in [4.69, 9.17) is 27.9 Å². The Morgan fingerprint density at radius 3 is 2.43 bits per heavy atom. The lowest BCUT2D eigenvalue weighted by atomic mass is 10.1. The standard InChI is InChI=1S/C14H11Cl2F3N2O2/c1-7(9-3-4-10(15)11(16)5-9)21-13(23-8(2)22)6-12(20-21)14(17,18)19/h3-7H,1-2H3. The first-order chi connectivity index (χ1) is 10.6. The number of nitrogens with zero attached hydrogens (tertiary/aromatic N) is 2. The maximum Gasteiger partial charge on any atom is 0.435 e. The summed E-state index contributed by atoms with van der Waals surface area (Å²) in [6, 6.07) is 4.66. The largest absolute Gasteiger partial charge is 0.435 e. The summed E-state index contributed by atoms with van der Waals surface area (Å²) in [5.41, 5.74) is -0.592. The molecule has 1 aromatic carbocycles. The van der Waals surface area contributed by atoms with Crippen molar-refractivity contribution in [1.82, 2.24) is 9.78 Å². The van der Waals surface area contributed by atoms with Gasteiger partial charge in [-0.15, -0.1) is 0 Å². The second-order valence-electron chi connectivity index (χ2n) is 4.75. The molecule has 0 aliphatic rings. The van der Waals surface area contributed by atoms with E-state index in [0.717, 1.165) is 11.6 Å². The molecule has 0 aliphatic heterocycles. The molecule has 1 aromatic heterocycles. The van der Waals surface area contributed by atoms with Crippen molar-refractivity contribution in [2.75, 3.05) is 0 Å². The first-order valence-corrected chi connectivity index (χ1v) is 7.15. The lowest BCUT2D eigenvalue weighted by Crippen LogP contribution is -2.14. The van der Waals surface area contributed by atoms with Gasteiger partial charge in [0, 0.05) is 13.0 Å². The van der Waals surface area contributed by atoms with E-state index >= 15 is 0 Å². The van der Waals surface area contributed by atoms with Gasteiger partial charge in [-0.1, -0.05) is 29.3 Å². The molecule has 0 spiro atoms. The molecule has 1 unspecified atom stereocenters. The van der Waals surface area contributed by atoms with Gasteiger partial charge in [0.15, 0.2) is 5.69 Å². The Hall–Kier alpha value is -1.73. The molecule has 1 atom stereocenters. The Labute approximate surface area is 139 Å². The smallest absolute Gasteiger partial charge is 0.408 e. The van der Waals surface area contributed by atoms with E-state index in [1.807, 2.05) is 0 Å². The van der Waals surface area contributed by atoms with Crippen LogP contribution in [0.3, 0.4) is 0 Å². The number of carbonyl (C=O) groups is 1. The van der Waals surface area contributed by atoms with E-state index in [0.29, 0.717) is 16.7 Å². The highest BCUT2D eigenvalue weighted by molar-refractivity contribution is 6.42. The van der Waals surface area contributed by atoms with Crippen molar-refractivity contribution in [1.29, 1.82) is 0 Å². The van der Waals surface area contributed by atoms with Crippen molar-refractivity contribution >= 4 is 29.2 Å². The topological polar surface area (TPSA) is 44.1 Å². The Morgan fingerprint density at radius 1 is 1.26 bits per heavy atom. The molecule has 1 heterocycles. The fraction of sp³-hybridized carbons (Fsp3) is 0.286. The number of carbonyl (C=O) groups excluding carboxylic acids is 1. The molecular weight excluding hydrogens is 356 g/mol. The fourth-order valence-corrected chi connectivity index (χ4v) is 2.24. The van der Waals surface area contributed by atoms with Gasteiger partial charge < -0.3 is 4.74 Å². The van der Waals surface area contributed by atoms with E-state index in [9.17, 15) is 18.0 Å². The van der Waals surface area contributed by atoms with Crippen LogP contribution < -0.4 is 4.74 Å². The second-order valence-corrected chi connectivity index (χ2v) is 5.57. The molecule has 0 radical (unpaired) electrons. The second kappa shape index (κ2) is 6.41. The maximum atomic E-state index is 12.8. The predicted octanol–water partition coefficient (Wildman–Crippen LogP) is 4.74. The van der Waals surface area contributed by atoms with Crippen LogP contribution in [-0.4, -0.2) is 15.7 Å². The van der Waals surface area contributed by atoms with Crippen molar-refractivity contribution in [2.24, 2.45) is 0 Å². The summed E-state index contributed by atoms with van der Waals surface area (Å²) in [4.78, 5) is 11.1. The molecule has 0 bridgehead atoms. The highest BCUT2D eigenvalue weighted by Crippen LogP contribution is 2.34. The molecule has 0 amide bonds. The molecule has 0 aliphatic carbocycles. The molecular formula is C14H11Cl2F3N2O2. The van der Waals surface area contributed by atoms with Gasteiger partial charge in [0.25, 0.3) is 0 Å². The molecule has 0 saturated carbocycles. The summed E-state index contributed by atoms with van der Waals surface area (Å²) in [7, 11) is 0. The molecule has 9 heteroatoms. The van der Waals surface area contributed by atoms with E-state index in [-0.39, 0.29) is 10.9 Å². The zero-order valence-corrected chi connectivity index (χ0v) is 13.5. The molecule has 0 saturated heterocycles. The van der Waals surface area contributed by atoms with Crippen LogP contribution in [0.5, 0.6) is 5.88 Å². The minimum Gasteiger partial charge on any atom is -0.408 e. The van der Waals surface area contributed by atoms with Crippen molar-refractivity contribution in [2.45, 2.75) is 26.1 Å². The number of halogens is 5. The molecule has 2 rings (SSSR count). The first-order valence-electron chi connectivity index (χ1n) is 6.39. The highest BCUT2D eigenvalue weighted by Gasteiger charge is 2.36. The third kappa shape index (κ3) is 3.97.